The first kappa shape index (κ1) is 21.7. The Morgan fingerprint density at radius 2 is 2.03 bits per heavy atom. The number of halogens is 2. The number of thiophene rings is 1. The number of nitrogens with zero attached hydrogens (tertiary/aromatic N) is 1. The molecular weight excluding hydrogens is 435 g/mol. The van der Waals surface area contributed by atoms with Gasteiger partial charge in [0.1, 0.15) is 11.6 Å². The van der Waals surface area contributed by atoms with E-state index in [1.165, 1.54) is 39.1 Å². The number of hydrogen-bond acceptors (Lipinski definition) is 3. The number of ether oxygens (including phenoxy) is 1. The number of benzene rings is 2. The summed E-state index contributed by atoms with van der Waals surface area (Å²) < 4.78 is 18.8. The number of methoxy groups -OCH3 is 1. The fourth-order valence-electron chi connectivity index (χ4n) is 4.21. The first-order valence-electron chi connectivity index (χ1n) is 10.2. The van der Waals surface area contributed by atoms with Crippen LogP contribution in [0.1, 0.15) is 39.4 Å². The zero-order valence-electron chi connectivity index (χ0n) is 17.7. The van der Waals surface area contributed by atoms with Crippen molar-refractivity contribution in [2.24, 2.45) is 0 Å². The standard InChI is InChI=1S/C24H24ClFN2O2S/c1-4-18-14(2)31-23-19(18)11-12-28(22(23)15-5-8-17(30-3)9-6-15)24(29)27-16-7-10-21(26)20(25)13-16/h5-10,13,22H,4,11-12H2,1-3H3,(H,27,29)/t22-/m0/s1. The van der Waals surface area contributed by atoms with Gasteiger partial charge in [-0.15, -0.1) is 11.3 Å². The molecule has 2 amide bonds. The number of fused-ring (bicyclic) bond motifs is 1. The molecule has 31 heavy (non-hydrogen) atoms. The van der Waals surface area contributed by atoms with Crippen LogP contribution in [0.5, 0.6) is 5.75 Å². The van der Waals surface area contributed by atoms with Crippen molar-refractivity contribution >= 4 is 34.7 Å². The molecule has 1 atom stereocenters. The number of carbonyl (C=O) groups excluding carboxylic acids is 1. The summed E-state index contributed by atoms with van der Waals surface area (Å²) in [6, 6.07) is 11.6. The molecule has 1 N–H and O–H groups in total. The zero-order chi connectivity index (χ0) is 22.1. The van der Waals surface area contributed by atoms with Crippen molar-refractivity contribution in [2.75, 3.05) is 19.0 Å². The van der Waals surface area contributed by atoms with Gasteiger partial charge in [-0.1, -0.05) is 30.7 Å². The minimum absolute atomic E-state index is 0.0214. The van der Waals surface area contributed by atoms with E-state index in [2.05, 4.69) is 19.2 Å². The average molecular weight is 459 g/mol. The van der Waals surface area contributed by atoms with Gasteiger partial charge in [0.05, 0.1) is 18.2 Å². The molecule has 0 spiro atoms. The van der Waals surface area contributed by atoms with Crippen LogP contribution in [0.4, 0.5) is 14.9 Å². The molecule has 1 aliphatic heterocycles. The summed E-state index contributed by atoms with van der Waals surface area (Å²) in [5.41, 5.74) is 4.24. The van der Waals surface area contributed by atoms with Gasteiger partial charge >= 0.3 is 6.03 Å². The molecule has 0 aliphatic carbocycles. The van der Waals surface area contributed by atoms with E-state index < -0.39 is 5.82 Å². The quantitative estimate of drug-likeness (QED) is 0.478. The third kappa shape index (κ3) is 4.14. The number of hydrogen-bond donors (Lipinski definition) is 1. The second kappa shape index (κ2) is 8.89. The Kier molecular flexibility index (Phi) is 6.21. The van der Waals surface area contributed by atoms with E-state index in [4.69, 9.17) is 16.3 Å². The highest BCUT2D eigenvalue weighted by molar-refractivity contribution is 7.12. The maximum Gasteiger partial charge on any atom is 0.322 e. The second-order valence-electron chi connectivity index (χ2n) is 7.51. The third-order valence-corrected chi connectivity index (χ3v) is 7.26. The number of anilines is 1. The number of carbonyl (C=O) groups is 1. The highest BCUT2D eigenvalue weighted by atomic mass is 35.5. The lowest BCUT2D eigenvalue weighted by atomic mass is 9.92. The van der Waals surface area contributed by atoms with Gasteiger partial charge in [-0.25, -0.2) is 9.18 Å². The summed E-state index contributed by atoms with van der Waals surface area (Å²) in [6.07, 6.45) is 1.79. The van der Waals surface area contributed by atoms with Crippen molar-refractivity contribution < 1.29 is 13.9 Å². The van der Waals surface area contributed by atoms with E-state index in [9.17, 15) is 9.18 Å². The van der Waals surface area contributed by atoms with Crippen molar-refractivity contribution in [3.8, 4) is 5.75 Å². The zero-order valence-corrected chi connectivity index (χ0v) is 19.2. The van der Waals surface area contributed by atoms with Gasteiger partial charge in [0.2, 0.25) is 0 Å². The molecule has 2 aromatic carbocycles. The number of aryl methyl sites for hydroxylation is 1. The SMILES string of the molecule is CCc1c(C)sc2c1CCN(C(=O)Nc1ccc(F)c(Cl)c1)[C@H]2c1ccc(OC)cc1. The van der Waals surface area contributed by atoms with Gasteiger partial charge in [-0.3, -0.25) is 0 Å². The van der Waals surface area contributed by atoms with Crippen molar-refractivity contribution in [3.05, 3.63) is 79.7 Å². The number of urea groups is 1. The van der Waals surface area contributed by atoms with Gasteiger partial charge in [0.25, 0.3) is 0 Å². The molecule has 4 nitrogen and oxygen atoms in total. The van der Waals surface area contributed by atoms with Crippen LogP contribution in [0.2, 0.25) is 5.02 Å². The fourth-order valence-corrected chi connectivity index (χ4v) is 5.84. The highest BCUT2D eigenvalue weighted by Gasteiger charge is 2.35. The van der Waals surface area contributed by atoms with Gasteiger partial charge in [0, 0.05) is 22.0 Å². The second-order valence-corrected chi connectivity index (χ2v) is 9.17. The Labute approximate surface area is 190 Å². The lowest BCUT2D eigenvalue weighted by Crippen LogP contribution is -2.42. The van der Waals surface area contributed by atoms with Gasteiger partial charge in [-0.05, 0) is 66.8 Å². The molecular formula is C24H24ClFN2O2S. The molecule has 0 bridgehead atoms. The molecule has 1 aromatic heterocycles. The highest BCUT2D eigenvalue weighted by Crippen LogP contribution is 2.43. The molecule has 3 aromatic rings. The average Bonchev–Trinajstić information content (AvgIpc) is 3.10. The third-order valence-electron chi connectivity index (χ3n) is 5.73. The van der Waals surface area contributed by atoms with Crippen LogP contribution in [0.3, 0.4) is 0 Å². The van der Waals surface area contributed by atoms with Gasteiger partial charge in [-0.2, -0.15) is 0 Å². The smallest absolute Gasteiger partial charge is 0.322 e. The summed E-state index contributed by atoms with van der Waals surface area (Å²) in [5, 5.41) is 2.86. The number of amides is 2. The largest absolute Gasteiger partial charge is 0.497 e. The first-order chi connectivity index (χ1) is 14.9. The molecule has 2 heterocycles. The van der Waals surface area contributed by atoms with Crippen molar-refractivity contribution in [3.63, 3.8) is 0 Å². The topological polar surface area (TPSA) is 41.6 Å². The number of nitrogens with one attached hydrogen (secondary N) is 1. The Balaban J connectivity index is 1.72. The van der Waals surface area contributed by atoms with Crippen LogP contribution in [-0.2, 0) is 12.8 Å². The van der Waals surface area contributed by atoms with E-state index in [0.717, 1.165) is 24.2 Å². The van der Waals surface area contributed by atoms with E-state index in [0.29, 0.717) is 12.2 Å². The van der Waals surface area contributed by atoms with E-state index >= 15 is 0 Å². The molecule has 162 valence electrons. The lowest BCUT2D eigenvalue weighted by molar-refractivity contribution is 0.195. The van der Waals surface area contributed by atoms with Crippen LogP contribution >= 0.6 is 22.9 Å². The molecule has 0 radical (unpaired) electrons. The van der Waals surface area contributed by atoms with E-state index in [-0.39, 0.29) is 17.1 Å². The van der Waals surface area contributed by atoms with Crippen molar-refractivity contribution in [1.29, 1.82) is 0 Å². The Hall–Kier alpha value is -2.57. The molecule has 0 saturated heterocycles. The molecule has 0 unspecified atom stereocenters. The molecule has 0 fully saturated rings. The first-order valence-corrected chi connectivity index (χ1v) is 11.4. The summed E-state index contributed by atoms with van der Waals surface area (Å²) in [7, 11) is 1.64. The van der Waals surface area contributed by atoms with Crippen LogP contribution in [0.15, 0.2) is 42.5 Å². The molecule has 1 aliphatic rings. The van der Waals surface area contributed by atoms with E-state index in [1.54, 1.807) is 18.4 Å². The summed E-state index contributed by atoms with van der Waals surface area (Å²) in [4.78, 5) is 17.7. The Morgan fingerprint density at radius 1 is 1.29 bits per heavy atom. The minimum Gasteiger partial charge on any atom is -0.497 e. The van der Waals surface area contributed by atoms with E-state index in [1.807, 2.05) is 29.2 Å². The molecule has 4 rings (SSSR count). The maximum absolute atomic E-state index is 13.5. The monoisotopic (exact) mass is 458 g/mol. The van der Waals surface area contributed by atoms with Crippen molar-refractivity contribution in [2.45, 2.75) is 32.7 Å². The van der Waals surface area contributed by atoms with Crippen LogP contribution in [-0.4, -0.2) is 24.6 Å². The van der Waals surface area contributed by atoms with Crippen LogP contribution in [0.25, 0.3) is 0 Å². The predicted octanol–water partition coefficient (Wildman–Crippen LogP) is 6.60. The predicted molar refractivity (Wildman–Crippen MR) is 124 cm³/mol. The summed E-state index contributed by atoms with van der Waals surface area (Å²) in [5.74, 6) is 0.257. The van der Waals surface area contributed by atoms with Crippen LogP contribution in [0, 0.1) is 12.7 Å². The Bertz CT molecular complexity index is 1110. The fraction of sp³-hybridized carbons (Fsp3) is 0.292. The lowest BCUT2D eigenvalue weighted by Gasteiger charge is -2.36. The normalized spacial score (nSPS) is 15.5. The van der Waals surface area contributed by atoms with Gasteiger partial charge in [0.15, 0.2) is 0 Å². The summed E-state index contributed by atoms with van der Waals surface area (Å²) in [6.45, 7) is 4.92. The summed E-state index contributed by atoms with van der Waals surface area (Å²) >= 11 is 7.65. The van der Waals surface area contributed by atoms with Gasteiger partial charge < -0.3 is 15.0 Å². The minimum atomic E-state index is -0.514. The Morgan fingerprint density at radius 3 is 2.68 bits per heavy atom. The number of rotatable bonds is 4. The molecule has 7 heteroatoms. The van der Waals surface area contributed by atoms with Crippen molar-refractivity contribution in [1.82, 2.24) is 4.90 Å². The molecule has 0 saturated carbocycles. The maximum atomic E-state index is 13.5. The van der Waals surface area contributed by atoms with Crippen LogP contribution < -0.4 is 10.1 Å².